The van der Waals surface area contributed by atoms with Crippen LogP contribution in [0, 0.1) is 0 Å². The first-order chi connectivity index (χ1) is 17.2. The average molecular weight is 545 g/mol. The van der Waals surface area contributed by atoms with Crippen molar-refractivity contribution < 1.29 is 24.2 Å². The second kappa shape index (κ2) is 8.29. The maximum atomic E-state index is 13.1. The Hall–Kier alpha value is -2.93. The summed E-state index contributed by atoms with van der Waals surface area (Å²) < 4.78 is 65.4. The summed E-state index contributed by atoms with van der Waals surface area (Å²) in [7, 11) is -7.77. The lowest BCUT2D eigenvalue weighted by atomic mass is 9.89. The molecule has 4 heterocycles. The molecule has 0 atom stereocenters. The molecule has 202 valence electrons. The standard InChI is InChI=1S/C24H29F5N6OS/c1-34-10-5-16(6-11-34)22-32-21-18(4-9-31-23(21)33-22)15-7-12-35(13-8-15)24(36)19-3-2-17(14-20(19)30)37(25,26,27,28)29/h2-4,9,14-16H,5-8,10-13,30H2,1H3,(H,31,32,33). The predicted molar refractivity (Wildman–Crippen MR) is 133 cm³/mol. The van der Waals surface area contributed by atoms with Crippen molar-refractivity contribution in [1.82, 2.24) is 24.8 Å². The van der Waals surface area contributed by atoms with Gasteiger partial charge in [0, 0.05) is 30.9 Å². The summed E-state index contributed by atoms with van der Waals surface area (Å²) in [5.74, 6) is 0.847. The number of pyridine rings is 1. The van der Waals surface area contributed by atoms with E-state index >= 15 is 0 Å². The fourth-order valence-corrected chi connectivity index (χ4v) is 5.97. The predicted octanol–water partition coefficient (Wildman–Crippen LogP) is 6.03. The lowest BCUT2D eigenvalue weighted by molar-refractivity contribution is 0.0714. The molecule has 2 saturated heterocycles. The topological polar surface area (TPSA) is 91.1 Å². The van der Waals surface area contributed by atoms with E-state index in [1.807, 2.05) is 6.07 Å². The molecule has 5 rings (SSSR count). The number of rotatable bonds is 4. The Morgan fingerprint density at radius 1 is 1.00 bits per heavy atom. The number of anilines is 1. The highest BCUT2D eigenvalue weighted by Crippen LogP contribution is 3.02. The summed E-state index contributed by atoms with van der Waals surface area (Å²) in [6, 6.07) is 3.05. The molecule has 0 aliphatic carbocycles. The minimum absolute atomic E-state index is 0.121. The quantitative estimate of drug-likeness (QED) is 0.309. The van der Waals surface area contributed by atoms with Crippen molar-refractivity contribution in [3.63, 3.8) is 0 Å². The number of hydrogen-bond donors (Lipinski definition) is 2. The first-order valence-electron chi connectivity index (χ1n) is 12.2. The molecular weight excluding hydrogens is 515 g/mol. The van der Waals surface area contributed by atoms with Crippen LogP contribution in [0.4, 0.5) is 25.1 Å². The van der Waals surface area contributed by atoms with Gasteiger partial charge in [0.15, 0.2) is 5.65 Å². The zero-order valence-corrected chi connectivity index (χ0v) is 21.1. The van der Waals surface area contributed by atoms with Crippen molar-refractivity contribution in [2.75, 3.05) is 39.0 Å². The Morgan fingerprint density at radius 2 is 1.65 bits per heavy atom. The van der Waals surface area contributed by atoms with Crippen LogP contribution in [0.3, 0.4) is 0 Å². The number of nitrogens with two attached hydrogens (primary N) is 1. The number of H-pyrrole nitrogens is 1. The van der Waals surface area contributed by atoms with Gasteiger partial charge in [0.2, 0.25) is 0 Å². The molecule has 2 aliphatic rings. The number of aromatic nitrogens is 3. The summed E-state index contributed by atoms with van der Waals surface area (Å²) >= 11 is 0. The number of imidazole rings is 1. The summed E-state index contributed by atoms with van der Waals surface area (Å²) in [6.45, 7) is 2.73. The summed E-state index contributed by atoms with van der Waals surface area (Å²) in [5, 5.41) is 0. The van der Waals surface area contributed by atoms with E-state index in [9.17, 15) is 24.2 Å². The van der Waals surface area contributed by atoms with Gasteiger partial charge in [-0.3, -0.25) is 4.79 Å². The van der Waals surface area contributed by atoms with Crippen molar-refractivity contribution in [1.29, 1.82) is 0 Å². The zero-order valence-electron chi connectivity index (χ0n) is 20.3. The Morgan fingerprint density at radius 3 is 2.27 bits per heavy atom. The third kappa shape index (κ3) is 5.24. The lowest BCUT2D eigenvalue weighted by Crippen LogP contribution is -2.38. The van der Waals surface area contributed by atoms with Gasteiger partial charge in [-0.05, 0) is 81.6 Å². The van der Waals surface area contributed by atoms with Crippen LogP contribution in [0.2, 0.25) is 0 Å². The number of fused-ring (bicyclic) bond motifs is 1. The minimum Gasteiger partial charge on any atom is -0.398 e. The van der Waals surface area contributed by atoms with Crippen molar-refractivity contribution in [2.24, 2.45) is 0 Å². The molecule has 0 radical (unpaired) electrons. The van der Waals surface area contributed by atoms with Crippen LogP contribution in [0.5, 0.6) is 0 Å². The largest absolute Gasteiger partial charge is 0.398 e. The second-order valence-corrected chi connectivity index (χ2v) is 12.5. The van der Waals surface area contributed by atoms with Crippen LogP contribution in [-0.4, -0.2) is 63.9 Å². The van der Waals surface area contributed by atoms with Crippen molar-refractivity contribution in [3.05, 3.63) is 47.4 Å². The van der Waals surface area contributed by atoms with Gasteiger partial charge in [0.05, 0.1) is 5.56 Å². The molecule has 3 N–H and O–H groups in total. The Labute approximate surface area is 211 Å². The fourth-order valence-electron chi connectivity index (χ4n) is 5.29. The highest BCUT2D eigenvalue weighted by Gasteiger charge is 2.65. The number of nitrogens with one attached hydrogen (secondary N) is 1. The second-order valence-electron chi connectivity index (χ2n) is 10.1. The van der Waals surface area contributed by atoms with Gasteiger partial charge in [-0.1, -0.05) is 19.4 Å². The molecule has 0 spiro atoms. The number of hydrogen-bond acceptors (Lipinski definition) is 5. The molecule has 1 amide bonds. The van der Waals surface area contributed by atoms with Crippen molar-refractivity contribution >= 4 is 33.0 Å². The Balaban J connectivity index is 1.30. The molecule has 13 heteroatoms. The molecule has 0 bridgehead atoms. The van der Waals surface area contributed by atoms with Gasteiger partial charge in [-0.25, -0.2) is 9.97 Å². The van der Waals surface area contributed by atoms with Crippen LogP contribution in [0.15, 0.2) is 35.4 Å². The molecule has 0 saturated carbocycles. The number of nitrogen functional groups attached to an aromatic ring is 1. The monoisotopic (exact) mass is 544 g/mol. The molecule has 3 aromatic rings. The van der Waals surface area contributed by atoms with E-state index in [-0.39, 0.29) is 23.6 Å². The molecule has 7 nitrogen and oxygen atoms in total. The van der Waals surface area contributed by atoms with Gasteiger partial charge in [-0.15, -0.1) is 0 Å². The van der Waals surface area contributed by atoms with Crippen LogP contribution in [0.25, 0.3) is 11.2 Å². The van der Waals surface area contributed by atoms with Crippen molar-refractivity contribution in [2.45, 2.75) is 42.4 Å². The number of carbonyl (C=O) groups is 1. The number of halogens is 5. The van der Waals surface area contributed by atoms with E-state index < -0.39 is 26.7 Å². The molecule has 37 heavy (non-hydrogen) atoms. The summed E-state index contributed by atoms with van der Waals surface area (Å²) in [6.07, 6.45) is 5.03. The fraction of sp³-hybridized carbons (Fsp3) is 0.458. The maximum absolute atomic E-state index is 13.1. The first-order valence-corrected chi connectivity index (χ1v) is 14.1. The smallest absolute Gasteiger partial charge is 0.310 e. The Bertz CT molecular complexity index is 1350. The molecule has 2 fully saturated rings. The normalized spacial score (nSPS) is 20.6. The van der Waals surface area contributed by atoms with E-state index in [0.29, 0.717) is 31.8 Å². The Kier molecular flexibility index (Phi) is 5.76. The third-order valence-corrected chi connectivity index (χ3v) is 8.61. The number of benzene rings is 1. The first kappa shape index (κ1) is 25.7. The molecular formula is C24H29F5N6OS. The number of aromatic amines is 1. The lowest BCUT2D eigenvalue weighted by Gasteiger charge is -2.40. The van der Waals surface area contributed by atoms with E-state index in [2.05, 4.69) is 21.9 Å². The average Bonchev–Trinajstić information content (AvgIpc) is 3.27. The van der Waals surface area contributed by atoms with Crippen LogP contribution in [-0.2, 0) is 0 Å². The number of amides is 1. The molecule has 1 aromatic carbocycles. The minimum atomic E-state index is -9.88. The highest BCUT2D eigenvalue weighted by atomic mass is 32.5. The van der Waals surface area contributed by atoms with Gasteiger partial charge >= 0.3 is 10.2 Å². The number of nitrogens with zero attached hydrogens (tertiary/aromatic N) is 4. The van der Waals surface area contributed by atoms with Crippen LogP contribution >= 0.6 is 10.2 Å². The van der Waals surface area contributed by atoms with Crippen molar-refractivity contribution in [3.8, 4) is 0 Å². The van der Waals surface area contributed by atoms with Gasteiger partial charge < -0.3 is 20.5 Å². The number of piperidine rings is 2. The van der Waals surface area contributed by atoms with E-state index in [1.165, 1.54) is 4.90 Å². The molecule has 2 aliphatic heterocycles. The van der Waals surface area contributed by atoms with E-state index in [4.69, 9.17) is 10.7 Å². The van der Waals surface area contributed by atoms with E-state index in [0.717, 1.165) is 54.5 Å². The molecule has 0 unspecified atom stereocenters. The third-order valence-electron chi connectivity index (χ3n) is 7.46. The summed E-state index contributed by atoms with van der Waals surface area (Å²) in [5.41, 5.74) is 7.39. The SMILES string of the molecule is CN1CCC(c2nc3c(C4CCN(C(=O)c5ccc(S(F)(F)(F)(F)F)cc5N)CC4)ccnc3[nH]2)CC1. The van der Waals surface area contributed by atoms with Gasteiger partial charge in [0.1, 0.15) is 16.2 Å². The zero-order chi connectivity index (χ0) is 26.7. The van der Waals surface area contributed by atoms with Crippen LogP contribution < -0.4 is 5.73 Å². The summed E-state index contributed by atoms with van der Waals surface area (Å²) in [4.78, 5) is 27.4. The van der Waals surface area contributed by atoms with Crippen LogP contribution in [0.1, 0.15) is 59.3 Å². The maximum Gasteiger partial charge on any atom is 0.310 e. The molecule has 2 aromatic heterocycles. The number of likely N-dealkylation sites (tertiary alicyclic amines) is 2. The number of carbonyl (C=O) groups excluding carboxylic acids is 1. The van der Waals surface area contributed by atoms with E-state index in [1.54, 1.807) is 6.20 Å². The highest BCUT2D eigenvalue weighted by molar-refractivity contribution is 8.45. The van der Waals surface area contributed by atoms with Gasteiger partial charge in [-0.2, -0.15) is 0 Å². The van der Waals surface area contributed by atoms with Gasteiger partial charge in [0.25, 0.3) is 5.91 Å².